The highest BCUT2D eigenvalue weighted by atomic mass is 16.2. The maximum absolute atomic E-state index is 11.8. The molecule has 0 spiro atoms. The summed E-state index contributed by atoms with van der Waals surface area (Å²) in [4.78, 5) is 15.3. The predicted molar refractivity (Wildman–Crippen MR) is 64.1 cm³/mol. The van der Waals surface area contributed by atoms with Gasteiger partial charge in [0.25, 0.3) is 0 Å². The molecule has 1 aliphatic rings. The first-order valence-electron chi connectivity index (χ1n) is 5.41. The van der Waals surface area contributed by atoms with Crippen molar-refractivity contribution < 1.29 is 4.79 Å². The van der Waals surface area contributed by atoms with Crippen LogP contribution in [0.2, 0.25) is 0 Å². The fourth-order valence-corrected chi connectivity index (χ4v) is 2.02. The molecule has 0 fully saturated rings. The average molecular weight is 219 g/mol. The van der Waals surface area contributed by atoms with Crippen LogP contribution in [0, 0.1) is 0 Å². The zero-order chi connectivity index (χ0) is 11.7. The van der Waals surface area contributed by atoms with Gasteiger partial charge in [-0.3, -0.25) is 0 Å². The average Bonchev–Trinajstić information content (AvgIpc) is 2.26. The second kappa shape index (κ2) is 4.04. The van der Waals surface area contributed by atoms with Crippen molar-refractivity contribution in [2.24, 2.45) is 0 Å². The Bertz CT molecular complexity index is 415. The molecule has 0 atom stereocenters. The Balaban J connectivity index is 2.20. The van der Waals surface area contributed by atoms with Gasteiger partial charge in [0, 0.05) is 32.9 Å². The number of hydrogen-bond donors (Lipinski definition) is 1. The molecule has 0 radical (unpaired) electrons. The van der Waals surface area contributed by atoms with Crippen molar-refractivity contribution in [2.75, 3.05) is 26.4 Å². The van der Waals surface area contributed by atoms with Crippen molar-refractivity contribution in [1.29, 1.82) is 0 Å². The molecular weight excluding hydrogens is 202 g/mol. The van der Waals surface area contributed by atoms with Crippen LogP contribution in [0.1, 0.15) is 11.1 Å². The van der Waals surface area contributed by atoms with Gasteiger partial charge in [-0.05, 0) is 29.7 Å². The molecule has 4 nitrogen and oxygen atoms in total. The molecule has 86 valence electrons. The Labute approximate surface area is 95.6 Å². The van der Waals surface area contributed by atoms with Crippen molar-refractivity contribution in [3.8, 4) is 0 Å². The van der Waals surface area contributed by atoms with E-state index in [1.54, 1.807) is 19.0 Å². The zero-order valence-corrected chi connectivity index (χ0v) is 9.73. The number of rotatable bonds is 0. The molecule has 2 rings (SSSR count). The number of anilines is 1. The van der Waals surface area contributed by atoms with E-state index in [9.17, 15) is 4.79 Å². The lowest BCUT2D eigenvalue weighted by Crippen LogP contribution is -2.42. The highest BCUT2D eigenvalue weighted by Gasteiger charge is 2.21. The van der Waals surface area contributed by atoms with Crippen molar-refractivity contribution in [2.45, 2.75) is 13.0 Å². The van der Waals surface area contributed by atoms with Crippen LogP contribution in [0.4, 0.5) is 10.5 Å². The van der Waals surface area contributed by atoms with Crippen LogP contribution < -0.4 is 5.73 Å². The minimum atomic E-state index is 0.0630. The maximum Gasteiger partial charge on any atom is 0.319 e. The second-order valence-corrected chi connectivity index (χ2v) is 4.38. The minimum absolute atomic E-state index is 0.0630. The maximum atomic E-state index is 11.8. The van der Waals surface area contributed by atoms with Gasteiger partial charge in [-0.1, -0.05) is 6.07 Å². The monoisotopic (exact) mass is 219 g/mol. The van der Waals surface area contributed by atoms with Crippen LogP contribution in [-0.2, 0) is 13.0 Å². The number of fused-ring (bicyclic) bond motifs is 1. The fourth-order valence-electron chi connectivity index (χ4n) is 2.02. The molecule has 0 saturated carbocycles. The Hall–Kier alpha value is -1.71. The topological polar surface area (TPSA) is 49.6 Å². The highest BCUT2D eigenvalue weighted by Crippen LogP contribution is 2.21. The summed E-state index contributed by atoms with van der Waals surface area (Å²) in [5.74, 6) is 0. The first-order valence-corrected chi connectivity index (χ1v) is 5.41. The van der Waals surface area contributed by atoms with Gasteiger partial charge in [0.15, 0.2) is 0 Å². The number of nitrogen functional groups attached to an aromatic ring is 1. The third-order valence-electron chi connectivity index (χ3n) is 2.90. The van der Waals surface area contributed by atoms with Crippen LogP contribution in [-0.4, -0.2) is 36.5 Å². The normalized spacial score (nSPS) is 14.5. The van der Waals surface area contributed by atoms with E-state index in [0.717, 1.165) is 18.7 Å². The summed E-state index contributed by atoms with van der Waals surface area (Å²) in [7, 11) is 3.55. The third kappa shape index (κ3) is 1.96. The summed E-state index contributed by atoms with van der Waals surface area (Å²) in [5, 5.41) is 0. The van der Waals surface area contributed by atoms with Crippen molar-refractivity contribution in [3.05, 3.63) is 29.3 Å². The number of hydrogen-bond acceptors (Lipinski definition) is 2. The zero-order valence-electron chi connectivity index (χ0n) is 9.73. The number of carbonyl (C=O) groups excluding carboxylic acids is 1. The summed E-state index contributed by atoms with van der Waals surface area (Å²) in [6.45, 7) is 1.45. The standard InChI is InChI=1S/C12H17N3O/c1-14(2)12(16)15-6-5-9-3-4-11(13)7-10(9)8-15/h3-4,7H,5-6,8,13H2,1-2H3. The van der Waals surface area contributed by atoms with E-state index < -0.39 is 0 Å². The quantitative estimate of drug-likeness (QED) is 0.669. The molecule has 1 aromatic rings. The van der Waals surface area contributed by atoms with E-state index >= 15 is 0 Å². The Morgan fingerprint density at radius 1 is 1.38 bits per heavy atom. The summed E-state index contributed by atoms with van der Waals surface area (Å²) in [6.07, 6.45) is 0.912. The van der Waals surface area contributed by atoms with Crippen molar-refractivity contribution in [3.63, 3.8) is 0 Å². The van der Waals surface area contributed by atoms with E-state index in [4.69, 9.17) is 5.73 Å². The third-order valence-corrected chi connectivity index (χ3v) is 2.90. The molecular formula is C12H17N3O. The summed E-state index contributed by atoms with van der Waals surface area (Å²) < 4.78 is 0. The van der Waals surface area contributed by atoms with Crippen LogP contribution in [0.15, 0.2) is 18.2 Å². The van der Waals surface area contributed by atoms with Gasteiger partial charge in [0.05, 0.1) is 0 Å². The number of urea groups is 1. The van der Waals surface area contributed by atoms with Gasteiger partial charge in [-0.25, -0.2) is 4.79 Å². The molecule has 0 aliphatic carbocycles. The SMILES string of the molecule is CN(C)C(=O)N1CCc2ccc(N)cc2C1. The molecule has 2 amide bonds. The molecule has 4 heteroatoms. The van der Waals surface area contributed by atoms with Gasteiger partial charge in [0.1, 0.15) is 0 Å². The Kier molecular flexibility index (Phi) is 2.73. The molecule has 2 N–H and O–H groups in total. The lowest BCUT2D eigenvalue weighted by Gasteiger charge is -2.31. The van der Waals surface area contributed by atoms with Gasteiger partial charge < -0.3 is 15.5 Å². The lowest BCUT2D eigenvalue weighted by atomic mass is 9.99. The van der Waals surface area contributed by atoms with Crippen LogP contribution in [0.25, 0.3) is 0 Å². The Morgan fingerprint density at radius 2 is 2.12 bits per heavy atom. The molecule has 0 bridgehead atoms. The number of amides is 2. The first-order chi connectivity index (χ1) is 7.58. The van der Waals surface area contributed by atoms with E-state index in [2.05, 4.69) is 6.07 Å². The van der Waals surface area contributed by atoms with Gasteiger partial charge in [0.2, 0.25) is 0 Å². The minimum Gasteiger partial charge on any atom is -0.399 e. The van der Waals surface area contributed by atoms with Crippen molar-refractivity contribution in [1.82, 2.24) is 9.80 Å². The molecule has 16 heavy (non-hydrogen) atoms. The molecule has 0 aromatic heterocycles. The smallest absolute Gasteiger partial charge is 0.319 e. The van der Waals surface area contributed by atoms with Crippen LogP contribution in [0.5, 0.6) is 0 Å². The van der Waals surface area contributed by atoms with Gasteiger partial charge in [-0.2, -0.15) is 0 Å². The summed E-state index contributed by atoms with van der Waals surface area (Å²) >= 11 is 0. The Morgan fingerprint density at radius 3 is 2.81 bits per heavy atom. The largest absolute Gasteiger partial charge is 0.399 e. The van der Waals surface area contributed by atoms with Gasteiger partial charge in [-0.15, -0.1) is 0 Å². The number of carbonyl (C=O) groups is 1. The van der Waals surface area contributed by atoms with Crippen molar-refractivity contribution >= 4 is 11.7 Å². The van der Waals surface area contributed by atoms with E-state index in [0.29, 0.717) is 6.54 Å². The van der Waals surface area contributed by atoms with E-state index in [1.807, 2.05) is 17.0 Å². The second-order valence-electron chi connectivity index (χ2n) is 4.38. The van der Waals surface area contributed by atoms with Crippen LogP contribution >= 0.6 is 0 Å². The number of benzene rings is 1. The number of nitrogens with two attached hydrogens (primary N) is 1. The molecule has 0 saturated heterocycles. The predicted octanol–water partition coefficient (Wildman–Crippen LogP) is 1.31. The van der Waals surface area contributed by atoms with Gasteiger partial charge >= 0.3 is 6.03 Å². The molecule has 1 heterocycles. The molecule has 1 aromatic carbocycles. The summed E-state index contributed by atoms with van der Waals surface area (Å²) in [6, 6.07) is 6.00. The lowest BCUT2D eigenvalue weighted by molar-refractivity contribution is 0.165. The first kappa shape index (κ1) is 10.8. The van der Waals surface area contributed by atoms with E-state index in [1.165, 1.54) is 11.1 Å². The number of nitrogens with zero attached hydrogens (tertiary/aromatic N) is 2. The summed E-state index contributed by atoms with van der Waals surface area (Å²) in [5.41, 5.74) is 8.98. The van der Waals surface area contributed by atoms with Crippen LogP contribution in [0.3, 0.4) is 0 Å². The highest BCUT2D eigenvalue weighted by molar-refractivity contribution is 5.74. The van der Waals surface area contributed by atoms with E-state index in [-0.39, 0.29) is 6.03 Å². The molecule has 0 unspecified atom stereocenters. The molecule has 1 aliphatic heterocycles. The fraction of sp³-hybridized carbons (Fsp3) is 0.417.